The fourth-order valence-electron chi connectivity index (χ4n) is 4.20. The van der Waals surface area contributed by atoms with E-state index in [9.17, 15) is 4.79 Å². The molecule has 3 N–H and O–H groups in total. The van der Waals surface area contributed by atoms with E-state index in [-0.39, 0.29) is 12.7 Å². The Morgan fingerprint density at radius 1 is 0.953 bits per heavy atom. The van der Waals surface area contributed by atoms with E-state index in [1.54, 1.807) is 23.8 Å². The maximum Gasteiger partial charge on any atom is 0.414 e. The van der Waals surface area contributed by atoms with Crippen molar-refractivity contribution in [2.75, 3.05) is 52.2 Å². The smallest absolute Gasteiger partial charge is 0.414 e. The maximum atomic E-state index is 13.2. The van der Waals surface area contributed by atoms with Crippen LogP contribution in [0, 0.1) is 0 Å². The summed E-state index contributed by atoms with van der Waals surface area (Å²) in [6.45, 7) is 2.80. The number of carbonyl (C=O) groups is 3. The zero-order valence-electron chi connectivity index (χ0n) is 23.6. The molecule has 0 saturated heterocycles. The predicted octanol–water partition coefficient (Wildman–Crippen LogP) is 3.83. The topological polar surface area (TPSA) is 153 Å². The minimum atomic E-state index is -1.82. The summed E-state index contributed by atoms with van der Waals surface area (Å²) in [5.41, 5.74) is 1.74. The van der Waals surface area contributed by atoms with E-state index in [4.69, 9.17) is 43.5 Å². The summed E-state index contributed by atoms with van der Waals surface area (Å²) in [7, 11) is 3.44. The summed E-state index contributed by atoms with van der Waals surface area (Å²) in [5, 5.41) is 17.7. The van der Waals surface area contributed by atoms with Gasteiger partial charge in [0.1, 0.15) is 29.1 Å². The lowest BCUT2D eigenvalue weighted by Crippen LogP contribution is -2.33. The van der Waals surface area contributed by atoms with Gasteiger partial charge in [0.2, 0.25) is 12.7 Å². The number of ether oxygens (including phenoxy) is 5. The van der Waals surface area contributed by atoms with Crippen LogP contribution < -0.4 is 33.9 Å². The molecule has 228 valence electrons. The monoisotopic (exact) mass is 612 g/mol. The molecule has 0 bridgehead atoms. The van der Waals surface area contributed by atoms with Crippen molar-refractivity contribution in [1.82, 2.24) is 5.32 Å². The number of rotatable bonds is 11. The molecule has 3 aromatic carbocycles. The van der Waals surface area contributed by atoms with Crippen LogP contribution in [-0.4, -0.2) is 75.3 Å². The highest BCUT2D eigenvalue weighted by Crippen LogP contribution is 2.48. The van der Waals surface area contributed by atoms with Crippen LogP contribution in [0.1, 0.15) is 17.2 Å². The van der Waals surface area contributed by atoms with E-state index in [0.29, 0.717) is 37.0 Å². The average Bonchev–Trinajstić information content (AvgIpc) is 3.49. The molecular weight excluding hydrogens is 580 g/mol. The Kier molecular flexibility index (Phi) is 10.9. The van der Waals surface area contributed by atoms with Gasteiger partial charge in [-0.3, -0.25) is 4.79 Å². The van der Waals surface area contributed by atoms with Gasteiger partial charge in [-0.15, -0.1) is 11.8 Å². The number of amides is 1. The van der Waals surface area contributed by atoms with E-state index in [0.717, 1.165) is 40.6 Å². The first kappa shape index (κ1) is 31.3. The summed E-state index contributed by atoms with van der Waals surface area (Å²) in [6.07, 6.45) is 0.810. The molecule has 13 heteroatoms. The molecule has 12 nitrogen and oxygen atoms in total. The molecule has 1 unspecified atom stereocenters. The SMILES string of the molecule is COc1ccc(OCCCNCCOc2ccc3c(c2)OCO3)c(C2Sc3ccccc3N(C)C2=O)c1.O=C(O)C(=O)O. The van der Waals surface area contributed by atoms with Crippen molar-refractivity contribution in [3.8, 4) is 28.7 Å². The first-order valence-corrected chi connectivity index (χ1v) is 14.2. The predicted molar refractivity (Wildman–Crippen MR) is 158 cm³/mol. The van der Waals surface area contributed by atoms with Gasteiger partial charge < -0.3 is 44.1 Å². The van der Waals surface area contributed by atoms with Crippen molar-refractivity contribution in [2.45, 2.75) is 16.6 Å². The van der Waals surface area contributed by atoms with Crippen LogP contribution in [0.25, 0.3) is 0 Å². The lowest BCUT2D eigenvalue weighted by Gasteiger charge is -2.32. The number of hydrogen-bond acceptors (Lipinski definition) is 10. The Hall–Kier alpha value is -4.62. The van der Waals surface area contributed by atoms with Gasteiger partial charge in [-0.05, 0) is 55.4 Å². The minimum Gasteiger partial charge on any atom is -0.497 e. The largest absolute Gasteiger partial charge is 0.497 e. The van der Waals surface area contributed by atoms with Crippen LogP contribution in [0.2, 0.25) is 0 Å². The van der Waals surface area contributed by atoms with Crippen LogP contribution in [0.5, 0.6) is 28.7 Å². The molecule has 0 aromatic heterocycles. The summed E-state index contributed by atoms with van der Waals surface area (Å²) in [4.78, 5) is 34.2. The molecule has 5 rings (SSSR count). The molecule has 1 atom stereocenters. The molecule has 3 aromatic rings. The Bertz CT molecular complexity index is 1440. The number of thioether (sulfide) groups is 1. The van der Waals surface area contributed by atoms with Crippen LogP contribution in [0.15, 0.2) is 65.6 Å². The third kappa shape index (κ3) is 8.23. The normalized spacial score (nSPS) is 14.7. The Labute approximate surface area is 252 Å². The van der Waals surface area contributed by atoms with Crippen LogP contribution >= 0.6 is 11.8 Å². The van der Waals surface area contributed by atoms with Crippen molar-refractivity contribution < 1.29 is 48.3 Å². The van der Waals surface area contributed by atoms with Crippen molar-refractivity contribution in [2.24, 2.45) is 0 Å². The Morgan fingerprint density at radius 2 is 1.70 bits per heavy atom. The second-order valence-electron chi connectivity index (χ2n) is 9.19. The number of nitrogens with one attached hydrogen (secondary N) is 1. The molecule has 0 spiro atoms. The summed E-state index contributed by atoms with van der Waals surface area (Å²) in [6, 6.07) is 19.2. The second-order valence-corrected chi connectivity index (χ2v) is 10.3. The van der Waals surface area contributed by atoms with Crippen LogP contribution in [-0.2, 0) is 14.4 Å². The maximum absolute atomic E-state index is 13.2. The lowest BCUT2D eigenvalue weighted by atomic mass is 10.1. The third-order valence-corrected chi connectivity index (χ3v) is 7.65. The van der Waals surface area contributed by atoms with Crippen LogP contribution in [0.4, 0.5) is 5.69 Å². The van der Waals surface area contributed by atoms with E-state index >= 15 is 0 Å². The van der Waals surface area contributed by atoms with E-state index < -0.39 is 17.2 Å². The number of methoxy groups -OCH3 is 1. The van der Waals surface area contributed by atoms with Gasteiger partial charge in [0, 0.05) is 30.1 Å². The zero-order chi connectivity index (χ0) is 30.8. The van der Waals surface area contributed by atoms with Gasteiger partial charge >= 0.3 is 11.9 Å². The van der Waals surface area contributed by atoms with E-state index in [1.807, 2.05) is 67.7 Å². The highest BCUT2D eigenvalue weighted by molar-refractivity contribution is 8.00. The van der Waals surface area contributed by atoms with Gasteiger partial charge in [0.05, 0.1) is 19.4 Å². The first-order chi connectivity index (χ1) is 20.8. The van der Waals surface area contributed by atoms with Gasteiger partial charge in [-0.25, -0.2) is 9.59 Å². The number of carboxylic acids is 2. The molecule has 43 heavy (non-hydrogen) atoms. The number of anilines is 1. The molecule has 2 aliphatic rings. The van der Waals surface area contributed by atoms with Gasteiger partial charge in [0.25, 0.3) is 0 Å². The van der Waals surface area contributed by atoms with Crippen LogP contribution in [0.3, 0.4) is 0 Å². The van der Waals surface area contributed by atoms with Crippen molar-refractivity contribution in [1.29, 1.82) is 0 Å². The zero-order valence-corrected chi connectivity index (χ0v) is 24.4. The second kappa shape index (κ2) is 15.0. The Balaban J connectivity index is 0.000000641. The first-order valence-electron chi connectivity index (χ1n) is 13.3. The fraction of sp³-hybridized carbons (Fsp3) is 0.300. The van der Waals surface area contributed by atoms with E-state index in [2.05, 4.69) is 5.32 Å². The van der Waals surface area contributed by atoms with Crippen molar-refractivity contribution >= 4 is 35.3 Å². The highest BCUT2D eigenvalue weighted by Gasteiger charge is 2.34. The third-order valence-electron chi connectivity index (χ3n) is 6.36. The summed E-state index contributed by atoms with van der Waals surface area (Å²) >= 11 is 1.54. The summed E-state index contributed by atoms with van der Waals surface area (Å²) in [5.74, 6) is -0.0221. The number of para-hydroxylation sites is 1. The number of hydrogen-bond donors (Lipinski definition) is 3. The number of likely N-dealkylation sites (N-methyl/N-ethyl adjacent to an activating group) is 1. The number of aliphatic carboxylic acids is 2. The molecule has 2 heterocycles. The molecule has 1 amide bonds. The van der Waals surface area contributed by atoms with Gasteiger partial charge in [-0.1, -0.05) is 12.1 Å². The number of benzene rings is 3. The molecular formula is C30H32N2O10S. The number of carboxylic acid groups (broad SMARTS) is 2. The number of carbonyl (C=O) groups excluding carboxylic acids is 1. The number of fused-ring (bicyclic) bond motifs is 2. The van der Waals surface area contributed by atoms with Gasteiger partial charge in [-0.2, -0.15) is 0 Å². The fourth-order valence-corrected chi connectivity index (χ4v) is 5.51. The van der Waals surface area contributed by atoms with Crippen molar-refractivity contribution in [3.63, 3.8) is 0 Å². The molecule has 0 saturated carbocycles. The van der Waals surface area contributed by atoms with Crippen molar-refractivity contribution in [3.05, 3.63) is 66.2 Å². The lowest BCUT2D eigenvalue weighted by molar-refractivity contribution is -0.159. The minimum absolute atomic E-state index is 0.0194. The molecule has 2 aliphatic heterocycles. The number of nitrogens with zero attached hydrogens (tertiary/aromatic N) is 1. The Morgan fingerprint density at radius 3 is 2.47 bits per heavy atom. The molecule has 0 fully saturated rings. The summed E-state index contributed by atoms with van der Waals surface area (Å²) < 4.78 is 28.0. The standard InChI is InChI=1S/C28H30N2O6S.C2H2O4/c1-30-22-6-3-4-7-26(22)37-27(28(30)31)21-16-19(32-2)8-10-23(21)34-14-5-12-29-13-15-33-20-9-11-24-25(17-20)36-18-35-24;3-1(4)2(5)6/h3-4,6-11,16-17,27,29H,5,12-15,18H2,1-2H3;(H,3,4)(H,5,6). The molecule has 0 radical (unpaired) electrons. The molecule has 0 aliphatic carbocycles. The van der Waals surface area contributed by atoms with E-state index in [1.165, 1.54) is 0 Å². The highest BCUT2D eigenvalue weighted by atomic mass is 32.2. The quantitative estimate of drug-likeness (QED) is 0.213. The van der Waals surface area contributed by atoms with Gasteiger partial charge in [0.15, 0.2) is 11.5 Å². The average molecular weight is 613 g/mol.